The van der Waals surface area contributed by atoms with Gasteiger partial charge in [0.05, 0.1) is 12.1 Å². The minimum Gasteiger partial charge on any atom is -0.481 e. The highest BCUT2D eigenvalue weighted by atomic mass is 16.5. The minimum absolute atomic E-state index is 0.249. The lowest BCUT2D eigenvalue weighted by atomic mass is 10.1. The fourth-order valence-electron chi connectivity index (χ4n) is 2.83. The molecule has 5 heteroatoms. The van der Waals surface area contributed by atoms with Crippen LogP contribution in [-0.2, 0) is 9.59 Å². The Morgan fingerprint density at radius 2 is 2.00 bits per heavy atom. The maximum atomic E-state index is 12.6. The molecule has 1 amide bonds. The molecule has 1 atom stereocenters. The third-order valence-electron chi connectivity index (χ3n) is 4.06. The van der Waals surface area contributed by atoms with Crippen molar-refractivity contribution in [2.24, 2.45) is 0 Å². The lowest BCUT2D eigenvalue weighted by Crippen LogP contribution is -2.47. The Bertz CT molecular complexity index is 570. The molecule has 1 aromatic rings. The first-order valence-electron chi connectivity index (χ1n) is 8.33. The number of fused-ring (bicyclic) bond motifs is 1. The van der Waals surface area contributed by atoms with Crippen molar-refractivity contribution in [1.82, 2.24) is 0 Å². The number of aryl methyl sites for hydroxylation is 1. The molecule has 23 heavy (non-hydrogen) atoms. The summed E-state index contributed by atoms with van der Waals surface area (Å²) in [6, 6.07) is 5.65. The highest BCUT2D eigenvalue weighted by Gasteiger charge is 2.35. The van der Waals surface area contributed by atoms with Gasteiger partial charge < -0.3 is 14.7 Å². The average molecular weight is 319 g/mol. The van der Waals surface area contributed by atoms with Crippen LogP contribution in [0.25, 0.3) is 0 Å². The van der Waals surface area contributed by atoms with Crippen LogP contribution in [0.3, 0.4) is 0 Å². The molecule has 0 aromatic heterocycles. The van der Waals surface area contributed by atoms with E-state index in [0.29, 0.717) is 12.3 Å². The van der Waals surface area contributed by atoms with Gasteiger partial charge in [-0.1, -0.05) is 38.7 Å². The Kier molecular flexibility index (Phi) is 6.02. The van der Waals surface area contributed by atoms with E-state index in [1.165, 1.54) is 12.8 Å². The number of hydrogen-bond donors (Lipinski definition) is 1. The van der Waals surface area contributed by atoms with Gasteiger partial charge in [-0.15, -0.1) is 0 Å². The molecule has 1 aliphatic rings. The topological polar surface area (TPSA) is 66.8 Å². The molecule has 0 radical (unpaired) electrons. The molecule has 1 aliphatic heterocycles. The van der Waals surface area contributed by atoms with E-state index in [4.69, 9.17) is 9.84 Å². The number of carbonyl (C=O) groups excluding carboxylic acids is 1. The monoisotopic (exact) mass is 319 g/mol. The number of nitrogens with zero attached hydrogens (tertiary/aromatic N) is 1. The van der Waals surface area contributed by atoms with Crippen LogP contribution in [0.15, 0.2) is 18.2 Å². The van der Waals surface area contributed by atoms with E-state index in [2.05, 4.69) is 6.92 Å². The van der Waals surface area contributed by atoms with Gasteiger partial charge in [-0.05, 0) is 31.0 Å². The van der Waals surface area contributed by atoms with Crippen molar-refractivity contribution in [3.63, 3.8) is 0 Å². The molecule has 0 saturated heterocycles. The lowest BCUT2D eigenvalue weighted by molar-refractivity contribution is -0.142. The van der Waals surface area contributed by atoms with Crippen LogP contribution in [0.2, 0.25) is 0 Å². The van der Waals surface area contributed by atoms with Crippen LogP contribution in [0.1, 0.15) is 51.0 Å². The third kappa shape index (κ3) is 4.47. The predicted molar refractivity (Wildman–Crippen MR) is 89.0 cm³/mol. The van der Waals surface area contributed by atoms with E-state index in [-0.39, 0.29) is 12.3 Å². The Labute approximate surface area is 137 Å². The third-order valence-corrected chi connectivity index (χ3v) is 4.06. The van der Waals surface area contributed by atoms with Crippen LogP contribution in [-0.4, -0.2) is 29.6 Å². The summed E-state index contributed by atoms with van der Waals surface area (Å²) >= 11 is 0. The number of amides is 1. The second kappa shape index (κ2) is 7.99. The summed E-state index contributed by atoms with van der Waals surface area (Å²) in [5.41, 5.74) is 1.81. The Morgan fingerprint density at radius 1 is 1.26 bits per heavy atom. The number of anilines is 1. The van der Waals surface area contributed by atoms with Crippen molar-refractivity contribution in [2.45, 2.75) is 58.5 Å². The first-order chi connectivity index (χ1) is 11.0. The molecule has 126 valence electrons. The summed E-state index contributed by atoms with van der Waals surface area (Å²) in [5, 5.41) is 8.98. The van der Waals surface area contributed by atoms with E-state index in [1.54, 1.807) is 4.90 Å². The molecular formula is C18H25NO4. The average Bonchev–Trinajstić information content (AvgIpc) is 2.50. The Hall–Kier alpha value is -2.04. The summed E-state index contributed by atoms with van der Waals surface area (Å²) in [5.74, 6) is -0.683. The quantitative estimate of drug-likeness (QED) is 0.744. The van der Waals surface area contributed by atoms with Gasteiger partial charge in [-0.2, -0.15) is 0 Å². The van der Waals surface area contributed by atoms with Gasteiger partial charge in [0.15, 0.2) is 6.10 Å². The van der Waals surface area contributed by atoms with Gasteiger partial charge >= 0.3 is 5.97 Å². The van der Waals surface area contributed by atoms with Crippen molar-refractivity contribution in [2.75, 3.05) is 11.4 Å². The smallest absolute Gasteiger partial charge is 0.307 e. The summed E-state index contributed by atoms with van der Waals surface area (Å²) in [6.45, 7) is 4.74. The SMILES string of the molecule is CCCCCCCN1C(=O)C(CC(=O)O)Oc2ccc(C)cc21. The van der Waals surface area contributed by atoms with Crippen molar-refractivity contribution in [1.29, 1.82) is 0 Å². The van der Waals surface area contributed by atoms with Crippen molar-refractivity contribution in [3.8, 4) is 5.75 Å². The van der Waals surface area contributed by atoms with Crippen LogP contribution >= 0.6 is 0 Å². The molecule has 1 heterocycles. The molecule has 0 spiro atoms. The first-order valence-corrected chi connectivity index (χ1v) is 8.33. The largest absolute Gasteiger partial charge is 0.481 e. The van der Waals surface area contributed by atoms with Crippen molar-refractivity contribution < 1.29 is 19.4 Å². The number of benzene rings is 1. The molecule has 0 bridgehead atoms. The highest BCUT2D eigenvalue weighted by Crippen LogP contribution is 2.35. The fraction of sp³-hybridized carbons (Fsp3) is 0.556. The van der Waals surface area contributed by atoms with Gasteiger partial charge in [-0.3, -0.25) is 9.59 Å². The maximum Gasteiger partial charge on any atom is 0.307 e. The van der Waals surface area contributed by atoms with E-state index in [1.807, 2.05) is 25.1 Å². The van der Waals surface area contributed by atoms with Crippen LogP contribution < -0.4 is 9.64 Å². The Morgan fingerprint density at radius 3 is 2.70 bits per heavy atom. The molecule has 1 aromatic carbocycles. The second-order valence-corrected chi connectivity index (χ2v) is 6.08. The van der Waals surface area contributed by atoms with E-state index < -0.39 is 12.1 Å². The summed E-state index contributed by atoms with van der Waals surface area (Å²) in [7, 11) is 0. The number of ether oxygens (including phenoxy) is 1. The zero-order valence-electron chi connectivity index (χ0n) is 13.9. The summed E-state index contributed by atoms with van der Waals surface area (Å²) in [6.07, 6.45) is 4.29. The molecule has 5 nitrogen and oxygen atoms in total. The summed E-state index contributed by atoms with van der Waals surface area (Å²) < 4.78 is 5.61. The molecule has 2 rings (SSSR count). The number of unbranched alkanes of at least 4 members (excludes halogenated alkanes) is 4. The number of aliphatic carboxylic acids is 1. The van der Waals surface area contributed by atoms with Crippen molar-refractivity contribution in [3.05, 3.63) is 23.8 Å². The van der Waals surface area contributed by atoms with E-state index in [9.17, 15) is 9.59 Å². The molecular weight excluding hydrogens is 294 g/mol. The Balaban J connectivity index is 2.14. The summed E-state index contributed by atoms with van der Waals surface area (Å²) in [4.78, 5) is 25.3. The molecule has 0 saturated carbocycles. The first kappa shape index (κ1) is 17.3. The standard InChI is InChI=1S/C18H25NO4/c1-3-4-5-6-7-10-19-14-11-13(2)8-9-15(14)23-16(18(19)22)12-17(20)21/h8-9,11,16H,3-7,10,12H2,1-2H3,(H,20,21). The number of carboxylic acid groups (broad SMARTS) is 1. The molecule has 0 aliphatic carbocycles. The van der Waals surface area contributed by atoms with Gasteiger partial charge in [0.25, 0.3) is 5.91 Å². The molecule has 1 unspecified atom stereocenters. The van der Waals surface area contributed by atoms with Gasteiger partial charge in [0.2, 0.25) is 0 Å². The van der Waals surface area contributed by atoms with Gasteiger partial charge in [0, 0.05) is 6.54 Å². The number of carboxylic acids is 1. The second-order valence-electron chi connectivity index (χ2n) is 6.08. The van der Waals surface area contributed by atoms with E-state index in [0.717, 1.165) is 30.5 Å². The zero-order chi connectivity index (χ0) is 16.8. The minimum atomic E-state index is -1.03. The van der Waals surface area contributed by atoms with E-state index >= 15 is 0 Å². The van der Waals surface area contributed by atoms with Crippen LogP contribution in [0, 0.1) is 6.92 Å². The molecule has 0 fully saturated rings. The highest BCUT2D eigenvalue weighted by molar-refractivity contribution is 6.01. The van der Waals surface area contributed by atoms with Gasteiger partial charge in [0.1, 0.15) is 5.75 Å². The number of rotatable bonds is 8. The lowest BCUT2D eigenvalue weighted by Gasteiger charge is -2.34. The molecule has 1 N–H and O–H groups in total. The fourth-order valence-corrected chi connectivity index (χ4v) is 2.83. The van der Waals surface area contributed by atoms with Gasteiger partial charge in [-0.25, -0.2) is 0 Å². The van der Waals surface area contributed by atoms with Crippen LogP contribution in [0.4, 0.5) is 5.69 Å². The normalized spacial score (nSPS) is 16.9. The predicted octanol–water partition coefficient (Wildman–Crippen LogP) is 3.53. The zero-order valence-corrected chi connectivity index (χ0v) is 13.9. The number of carbonyl (C=O) groups is 2. The number of hydrogen-bond acceptors (Lipinski definition) is 3. The van der Waals surface area contributed by atoms with Crippen molar-refractivity contribution >= 4 is 17.6 Å². The van der Waals surface area contributed by atoms with Crippen LogP contribution in [0.5, 0.6) is 5.75 Å². The maximum absolute atomic E-state index is 12.6.